The van der Waals surface area contributed by atoms with E-state index >= 15 is 0 Å². The molecule has 0 unspecified atom stereocenters. The predicted molar refractivity (Wildman–Crippen MR) is 169 cm³/mol. The van der Waals surface area contributed by atoms with E-state index in [1.54, 1.807) is 0 Å². The Morgan fingerprint density at radius 3 is 1.07 bits per heavy atom. The molecule has 0 saturated carbocycles. The zero-order valence-corrected chi connectivity index (χ0v) is 25.6. The standard InChI is InChI=1S/C34H54N4O2/c1-5-9-23-37(24-10-6-2)27-21-35-33(39)31-17-13-29(14-18-31)30-15-19-32(20-16-30)34(40)36-22-28-38(25-11-7-3)26-12-8-4/h13-20H,5-12,21-28H2,1-4H3,(H,35,39)(H,36,40). The molecular formula is C34H54N4O2. The van der Waals surface area contributed by atoms with Crippen molar-refractivity contribution < 1.29 is 9.59 Å². The van der Waals surface area contributed by atoms with Gasteiger partial charge in [-0.2, -0.15) is 0 Å². The molecule has 0 bridgehead atoms. The summed E-state index contributed by atoms with van der Waals surface area (Å²) >= 11 is 0. The van der Waals surface area contributed by atoms with E-state index in [4.69, 9.17) is 0 Å². The van der Waals surface area contributed by atoms with Crippen LogP contribution >= 0.6 is 0 Å². The Labute approximate surface area is 243 Å². The molecule has 2 aromatic rings. The highest BCUT2D eigenvalue weighted by molar-refractivity contribution is 5.95. The third kappa shape index (κ3) is 12.6. The molecule has 6 heteroatoms. The van der Waals surface area contributed by atoms with Crippen LogP contribution in [0, 0.1) is 0 Å². The summed E-state index contributed by atoms with van der Waals surface area (Å²) in [5, 5.41) is 6.15. The Hall–Kier alpha value is -2.70. The topological polar surface area (TPSA) is 64.7 Å². The number of carbonyl (C=O) groups excluding carboxylic acids is 2. The second-order valence-electron chi connectivity index (χ2n) is 10.8. The highest BCUT2D eigenvalue weighted by atomic mass is 16.2. The van der Waals surface area contributed by atoms with Gasteiger partial charge < -0.3 is 20.4 Å². The molecule has 2 amide bonds. The smallest absolute Gasteiger partial charge is 0.251 e. The molecule has 0 aliphatic heterocycles. The van der Waals surface area contributed by atoms with Gasteiger partial charge in [0.05, 0.1) is 0 Å². The van der Waals surface area contributed by atoms with E-state index in [-0.39, 0.29) is 11.8 Å². The van der Waals surface area contributed by atoms with Crippen LogP contribution in [0.3, 0.4) is 0 Å². The Kier molecular flexibility index (Phi) is 16.9. The van der Waals surface area contributed by atoms with Crippen molar-refractivity contribution in [2.75, 3.05) is 52.4 Å². The molecule has 40 heavy (non-hydrogen) atoms. The van der Waals surface area contributed by atoms with Gasteiger partial charge in [0.1, 0.15) is 0 Å². The van der Waals surface area contributed by atoms with Crippen molar-refractivity contribution in [2.24, 2.45) is 0 Å². The molecule has 0 spiro atoms. The number of hydrogen-bond donors (Lipinski definition) is 2. The SMILES string of the molecule is CCCCN(CCCC)CCNC(=O)c1ccc(-c2ccc(C(=O)NCCN(CCCC)CCCC)cc2)cc1. The van der Waals surface area contributed by atoms with Crippen molar-refractivity contribution >= 4 is 11.8 Å². The van der Waals surface area contributed by atoms with Gasteiger partial charge in [-0.25, -0.2) is 0 Å². The first kappa shape index (κ1) is 33.5. The van der Waals surface area contributed by atoms with Crippen LogP contribution in [-0.2, 0) is 0 Å². The second-order valence-corrected chi connectivity index (χ2v) is 10.8. The van der Waals surface area contributed by atoms with Crippen molar-refractivity contribution in [3.05, 3.63) is 59.7 Å². The lowest BCUT2D eigenvalue weighted by atomic mass is 10.0. The van der Waals surface area contributed by atoms with Crippen LogP contribution in [0.2, 0.25) is 0 Å². The average molecular weight is 551 g/mol. The molecule has 0 atom stereocenters. The van der Waals surface area contributed by atoms with Gasteiger partial charge in [0.2, 0.25) is 0 Å². The van der Waals surface area contributed by atoms with Crippen LogP contribution in [-0.4, -0.2) is 74.0 Å². The first-order valence-electron chi connectivity index (χ1n) is 15.7. The van der Waals surface area contributed by atoms with Crippen LogP contribution in [0.15, 0.2) is 48.5 Å². The summed E-state index contributed by atoms with van der Waals surface area (Å²) in [4.78, 5) is 30.3. The minimum Gasteiger partial charge on any atom is -0.351 e. The number of unbranched alkanes of at least 4 members (excludes halogenated alkanes) is 4. The van der Waals surface area contributed by atoms with E-state index in [1.807, 2.05) is 48.5 Å². The maximum atomic E-state index is 12.7. The van der Waals surface area contributed by atoms with Gasteiger partial charge >= 0.3 is 0 Å². The molecule has 2 N–H and O–H groups in total. The molecule has 0 fully saturated rings. The normalized spacial score (nSPS) is 11.2. The van der Waals surface area contributed by atoms with Crippen LogP contribution in [0.5, 0.6) is 0 Å². The third-order valence-corrected chi connectivity index (χ3v) is 7.37. The fourth-order valence-electron chi connectivity index (χ4n) is 4.69. The van der Waals surface area contributed by atoms with Gasteiger partial charge in [-0.3, -0.25) is 9.59 Å². The summed E-state index contributed by atoms with van der Waals surface area (Å²) in [6.07, 6.45) is 9.54. The summed E-state index contributed by atoms with van der Waals surface area (Å²) in [6.45, 7) is 16.3. The number of benzene rings is 2. The molecule has 2 rings (SSSR count). The summed E-state index contributed by atoms with van der Waals surface area (Å²) in [5.41, 5.74) is 3.38. The average Bonchev–Trinajstić information content (AvgIpc) is 2.99. The van der Waals surface area contributed by atoms with Gasteiger partial charge in [-0.15, -0.1) is 0 Å². The molecule has 2 aromatic carbocycles. The van der Waals surface area contributed by atoms with Gasteiger partial charge in [0.15, 0.2) is 0 Å². The number of nitrogens with one attached hydrogen (secondary N) is 2. The minimum absolute atomic E-state index is 0.0348. The fraction of sp³-hybridized carbons (Fsp3) is 0.588. The predicted octanol–water partition coefficient (Wildman–Crippen LogP) is 6.62. The Morgan fingerprint density at radius 1 is 0.500 bits per heavy atom. The highest BCUT2D eigenvalue weighted by Crippen LogP contribution is 2.20. The van der Waals surface area contributed by atoms with Crippen LogP contribution < -0.4 is 10.6 Å². The molecule has 0 radical (unpaired) electrons. The van der Waals surface area contributed by atoms with E-state index in [1.165, 1.54) is 51.4 Å². The van der Waals surface area contributed by atoms with Gasteiger partial charge in [-0.05, 0) is 87.3 Å². The summed E-state index contributed by atoms with van der Waals surface area (Å²) in [5.74, 6) is -0.0695. The van der Waals surface area contributed by atoms with Crippen LogP contribution in [0.25, 0.3) is 11.1 Å². The van der Waals surface area contributed by atoms with Crippen LogP contribution in [0.4, 0.5) is 0 Å². The van der Waals surface area contributed by atoms with Gasteiger partial charge in [-0.1, -0.05) is 77.6 Å². The van der Waals surface area contributed by atoms with Crippen molar-refractivity contribution in [1.29, 1.82) is 0 Å². The van der Waals surface area contributed by atoms with E-state index in [2.05, 4.69) is 48.1 Å². The number of carbonyl (C=O) groups is 2. The first-order valence-corrected chi connectivity index (χ1v) is 15.7. The summed E-state index contributed by atoms with van der Waals surface area (Å²) in [6, 6.07) is 15.4. The number of rotatable bonds is 21. The largest absolute Gasteiger partial charge is 0.351 e. The number of nitrogens with zero attached hydrogens (tertiary/aromatic N) is 2. The molecule has 0 heterocycles. The highest BCUT2D eigenvalue weighted by Gasteiger charge is 2.10. The summed E-state index contributed by atoms with van der Waals surface area (Å²) < 4.78 is 0. The molecule has 0 aliphatic rings. The molecule has 0 saturated heterocycles. The van der Waals surface area contributed by atoms with Gasteiger partial charge in [0.25, 0.3) is 11.8 Å². The zero-order chi connectivity index (χ0) is 29.0. The second kappa shape index (κ2) is 20.2. The maximum absolute atomic E-state index is 12.7. The third-order valence-electron chi connectivity index (χ3n) is 7.37. The van der Waals surface area contributed by atoms with Crippen molar-refractivity contribution in [3.8, 4) is 11.1 Å². The van der Waals surface area contributed by atoms with E-state index in [0.29, 0.717) is 24.2 Å². The molecule has 6 nitrogen and oxygen atoms in total. The van der Waals surface area contributed by atoms with Gasteiger partial charge in [0, 0.05) is 37.3 Å². The number of hydrogen-bond acceptors (Lipinski definition) is 4. The monoisotopic (exact) mass is 550 g/mol. The first-order chi connectivity index (χ1) is 19.5. The number of amides is 2. The van der Waals surface area contributed by atoms with E-state index in [0.717, 1.165) is 50.4 Å². The minimum atomic E-state index is -0.0348. The fourth-order valence-corrected chi connectivity index (χ4v) is 4.69. The van der Waals surface area contributed by atoms with Crippen molar-refractivity contribution in [2.45, 2.75) is 79.1 Å². The lowest BCUT2D eigenvalue weighted by Gasteiger charge is -2.22. The molecule has 0 aliphatic carbocycles. The van der Waals surface area contributed by atoms with Crippen molar-refractivity contribution in [1.82, 2.24) is 20.4 Å². The molecule has 222 valence electrons. The van der Waals surface area contributed by atoms with E-state index < -0.39 is 0 Å². The maximum Gasteiger partial charge on any atom is 0.251 e. The zero-order valence-electron chi connectivity index (χ0n) is 25.6. The quantitative estimate of drug-likeness (QED) is 0.183. The summed E-state index contributed by atoms with van der Waals surface area (Å²) in [7, 11) is 0. The molecular weight excluding hydrogens is 496 g/mol. The van der Waals surface area contributed by atoms with Crippen LogP contribution in [0.1, 0.15) is 99.8 Å². The lowest BCUT2D eigenvalue weighted by molar-refractivity contribution is 0.0940. The Balaban J connectivity index is 1.83. The van der Waals surface area contributed by atoms with E-state index in [9.17, 15) is 9.59 Å². The molecule has 0 aromatic heterocycles. The Morgan fingerprint density at radius 2 is 0.800 bits per heavy atom. The lowest BCUT2D eigenvalue weighted by Crippen LogP contribution is -2.36. The Bertz CT molecular complexity index is 863. The van der Waals surface area contributed by atoms with Crippen molar-refractivity contribution in [3.63, 3.8) is 0 Å².